The fourth-order valence-corrected chi connectivity index (χ4v) is 2.68. The summed E-state index contributed by atoms with van der Waals surface area (Å²) in [5, 5.41) is 9.58. The van der Waals surface area contributed by atoms with Crippen molar-refractivity contribution >= 4 is 21.7 Å². The molecule has 0 amide bonds. The van der Waals surface area contributed by atoms with Gasteiger partial charge in [-0.2, -0.15) is 0 Å². The van der Waals surface area contributed by atoms with Gasteiger partial charge in [-0.15, -0.1) is 0 Å². The highest BCUT2D eigenvalue weighted by molar-refractivity contribution is 7.92. The Morgan fingerprint density at radius 1 is 1.40 bits per heavy atom. The molecule has 1 unspecified atom stereocenters. The highest BCUT2D eigenvalue weighted by Gasteiger charge is 2.16. The van der Waals surface area contributed by atoms with Gasteiger partial charge in [0.2, 0.25) is 10.0 Å². The SMILES string of the molecule is CCOC(=O)CCS(=O)(=O)Nc1ccccc1C(C)O. The average molecular weight is 301 g/mol. The maximum Gasteiger partial charge on any atom is 0.306 e. The molecule has 0 radical (unpaired) electrons. The Labute approximate surface area is 118 Å². The summed E-state index contributed by atoms with van der Waals surface area (Å²) in [6.45, 7) is 3.42. The minimum absolute atomic E-state index is 0.208. The van der Waals surface area contributed by atoms with E-state index in [0.29, 0.717) is 11.3 Å². The van der Waals surface area contributed by atoms with Crippen LogP contribution in [0.2, 0.25) is 0 Å². The fourth-order valence-electron chi connectivity index (χ4n) is 1.62. The third kappa shape index (κ3) is 5.18. The first-order chi connectivity index (χ1) is 9.35. The topological polar surface area (TPSA) is 92.7 Å². The van der Waals surface area contributed by atoms with E-state index in [9.17, 15) is 18.3 Å². The molecule has 112 valence electrons. The van der Waals surface area contributed by atoms with Crippen molar-refractivity contribution in [3.05, 3.63) is 29.8 Å². The molecule has 7 heteroatoms. The first-order valence-corrected chi connectivity index (χ1v) is 7.94. The predicted molar refractivity (Wildman–Crippen MR) is 75.7 cm³/mol. The van der Waals surface area contributed by atoms with E-state index in [1.54, 1.807) is 38.1 Å². The summed E-state index contributed by atoms with van der Waals surface area (Å²) in [6.07, 6.45) is -1.00. The van der Waals surface area contributed by atoms with Crippen LogP contribution in [0.5, 0.6) is 0 Å². The van der Waals surface area contributed by atoms with Crippen molar-refractivity contribution < 1.29 is 23.1 Å². The van der Waals surface area contributed by atoms with E-state index in [1.807, 2.05) is 0 Å². The standard InChI is InChI=1S/C13H19NO5S/c1-3-19-13(16)8-9-20(17,18)14-12-7-5-4-6-11(12)10(2)15/h4-7,10,14-15H,3,8-9H2,1-2H3. The number of esters is 1. The van der Waals surface area contributed by atoms with Crippen LogP contribution in [-0.4, -0.2) is 31.9 Å². The van der Waals surface area contributed by atoms with E-state index in [1.165, 1.54) is 0 Å². The smallest absolute Gasteiger partial charge is 0.306 e. The number of para-hydroxylation sites is 1. The number of carbonyl (C=O) groups excluding carboxylic acids is 1. The summed E-state index contributed by atoms with van der Waals surface area (Å²) in [5.74, 6) is -0.915. The molecule has 1 rings (SSSR count). The van der Waals surface area contributed by atoms with E-state index in [-0.39, 0.29) is 18.8 Å². The summed E-state index contributed by atoms with van der Waals surface area (Å²) in [6, 6.07) is 6.56. The minimum Gasteiger partial charge on any atom is -0.466 e. The minimum atomic E-state index is -3.67. The Hall–Kier alpha value is -1.60. The summed E-state index contributed by atoms with van der Waals surface area (Å²) in [7, 11) is -3.67. The summed E-state index contributed by atoms with van der Waals surface area (Å²) < 4.78 is 30.8. The zero-order chi connectivity index (χ0) is 15.2. The third-order valence-corrected chi connectivity index (χ3v) is 3.83. The molecule has 1 aromatic rings. The van der Waals surface area contributed by atoms with Crippen LogP contribution in [0.4, 0.5) is 5.69 Å². The lowest BCUT2D eigenvalue weighted by molar-refractivity contribution is -0.142. The van der Waals surface area contributed by atoms with E-state index in [2.05, 4.69) is 9.46 Å². The lowest BCUT2D eigenvalue weighted by atomic mass is 10.1. The number of rotatable bonds is 7. The molecule has 0 saturated carbocycles. The molecule has 0 aromatic heterocycles. The molecule has 2 N–H and O–H groups in total. The average Bonchev–Trinajstić information content (AvgIpc) is 2.37. The number of hydrogen-bond donors (Lipinski definition) is 2. The molecule has 20 heavy (non-hydrogen) atoms. The molecule has 0 aliphatic heterocycles. The highest BCUT2D eigenvalue weighted by Crippen LogP contribution is 2.23. The number of hydrogen-bond acceptors (Lipinski definition) is 5. The van der Waals surface area contributed by atoms with Gasteiger partial charge in [0.15, 0.2) is 0 Å². The van der Waals surface area contributed by atoms with E-state index < -0.39 is 22.1 Å². The van der Waals surface area contributed by atoms with Gasteiger partial charge in [0.25, 0.3) is 0 Å². The Kier molecular flexibility index (Phi) is 5.97. The van der Waals surface area contributed by atoms with Crippen molar-refractivity contribution in [2.75, 3.05) is 17.1 Å². The maximum absolute atomic E-state index is 11.9. The van der Waals surface area contributed by atoms with Gasteiger partial charge in [0, 0.05) is 5.56 Å². The van der Waals surface area contributed by atoms with Crippen LogP contribution in [0, 0.1) is 0 Å². The summed E-state index contributed by atoms with van der Waals surface area (Å²) in [5.41, 5.74) is 0.790. The van der Waals surface area contributed by atoms with Crippen molar-refractivity contribution in [1.82, 2.24) is 0 Å². The Morgan fingerprint density at radius 3 is 2.65 bits per heavy atom. The van der Waals surface area contributed by atoms with Gasteiger partial charge in [-0.25, -0.2) is 8.42 Å². The molecular weight excluding hydrogens is 282 g/mol. The second-order valence-corrected chi connectivity index (χ2v) is 6.08. The number of ether oxygens (including phenoxy) is 1. The molecule has 0 fully saturated rings. The Balaban J connectivity index is 2.74. The van der Waals surface area contributed by atoms with Crippen LogP contribution in [0.15, 0.2) is 24.3 Å². The van der Waals surface area contributed by atoms with Crippen molar-refractivity contribution in [1.29, 1.82) is 0 Å². The van der Waals surface area contributed by atoms with Crippen LogP contribution in [-0.2, 0) is 19.6 Å². The van der Waals surface area contributed by atoms with Gasteiger partial charge in [-0.05, 0) is 19.9 Å². The molecule has 0 heterocycles. The van der Waals surface area contributed by atoms with Crippen LogP contribution in [0.1, 0.15) is 31.9 Å². The van der Waals surface area contributed by atoms with E-state index in [0.717, 1.165) is 0 Å². The Bertz CT molecular complexity index is 554. The molecule has 0 bridgehead atoms. The van der Waals surface area contributed by atoms with Gasteiger partial charge in [-0.1, -0.05) is 18.2 Å². The van der Waals surface area contributed by atoms with Crippen LogP contribution >= 0.6 is 0 Å². The molecule has 0 spiro atoms. The quantitative estimate of drug-likeness (QED) is 0.743. The van der Waals surface area contributed by atoms with Crippen molar-refractivity contribution in [3.63, 3.8) is 0 Å². The van der Waals surface area contributed by atoms with Crippen molar-refractivity contribution in [3.8, 4) is 0 Å². The third-order valence-electron chi connectivity index (χ3n) is 2.56. The molecule has 0 saturated heterocycles. The molecule has 1 atom stereocenters. The van der Waals surface area contributed by atoms with E-state index in [4.69, 9.17) is 0 Å². The van der Waals surface area contributed by atoms with Gasteiger partial charge in [-0.3, -0.25) is 9.52 Å². The van der Waals surface area contributed by atoms with Crippen LogP contribution in [0.25, 0.3) is 0 Å². The maximum atomic E-state index is 11.9. The molecule has 0 aliphatic rings. The van der Waals surface area contributed by atoms with Gasteiger partial charge in [0.05, 0.1) is 30.6 Å². The van der Waals surface area contributed by atoms with Gasteiger partial charge >= 0.3 is 5.97 Å². The highest BCUT2D eigenvalue weighted by atomic mass is 32.2. The first-order valence-electron chi connectivity index (χ1n) is 6.29. The lowest BCUT2D eigenvalue weighted by Crippen LogP contribution is -2.20. The normalized spacial score (nSPS) is 12.8. The number of aliphatic hydroxyl groups excluding tert-OH is 1. The second-order valence-electron chi connectivity index (χ2n) is 4.24. The number of benzene rings is 1. The fraction of sp³-hybridized carbons (Fsp3) is 0.462. The van der Waals surface area contributed by atoms with Crippen molar-refractivity contribution in [2.24, 2.45) is 0 Å². The zero-order valence-electron chi connectivity index (χ0n) is 11.5. The first kappa shape index (κ1) is 16.5. The van der Waals surface area contributed by atoms with Crippen LogP contribution < -0.4 is 4.72 Å². The number of sulfonamides is 1. The zero-order valence-corrected chi connectivity index (χ0v) is 12.3. The number of carbonyl (C=O) groups is 1. The summed E-state index contributed by atoms with van der Waals surface area (Å²) in [4.78, 5) is 11.2. The molecule has 1 aromatic carbocycles. The van der Waals surface area contributed by atoms with Gasteiger partial charge < -0.3 is 9.84 Å². The number of nitrogens with one attached hydrogen (secondary N) is 1. The van der Waals surface area contributed by atoms with Crippen LogP contribution in [0.3, 0.4) is 0 Å². The summed E-state index contributed by atoms with van der Waals surface area (Å²) >= 11 is 0. The Morgan fingerprint density at radius 2 is 2.05 bits per heavy atom. The monoisotopic (exact) mass is 301 g/mol. The second kappa shape index (κ2) is 7.25. The van der Waals surface area contributed by atoms with Gasteiger partial charge in [0.1, 0.15) is 0 Å². The number of anilines is 1. The molecular formula is C13H19NO5S. The van der Waals surface area contributed by atoms with Crippen molar-refractivity contribution in [2.45, 2.75) is 26.4 Å². The predicted octanol–water partition coefficient (Wildman–Crippen LogP) is 1.43. The molecule has 6 nitrogen and oxygen atoms in total. The van der Waals surface area contributed by atoms with E-state index >= 15 is 0 Å². The number of aliphatic hydroxyl groups is 1. The molecule has 0 aliphatic carbocycles. The largest absolute Gasteiger partial charge is 0.466 e. The lowest BCUT2D eigenvalue weighted by Gasteiger charge is -2.14.